The Bertz CT molecular complexity index is 1030. The maximum atomic E-state index is 13.1. The fourth-order valence-corrected chi connectivity index (χ4v) is 3.75. The predicted octanol–water partition coefficient (Wildman–Crippen LogP) is 4.14. The van der Waals surface area contributed by atoms with Gasteiger partial charge in [-0.3, -0.25) is 0 Å². The Kier molecular flexibility index (Phi) is 5.35. The van der Waals surface area contributed by atoms with E-state index in [1.54, 1.807) is 35.5 Å². The third-order valence-corrected chi connectivity index (χ3v) is 5.46. The monoisotopic (exact) mass is 454 g/mol. The fourth-order valence-electron chi connectivity index (χ4n) is 3.48. The standard InChI is InChI=1S/C21H19BrN4O3/c1-29-20(27)14-4-8-16(9-5-14)25-21(28)26-11-10-17-18(24-12-23-17)19(26)13-2-6-15(22)7-3-13/h2-9,12,19H,10-11H2,1H3,(H,23,24)(H,25,28)/t19-/m1/s1. The van der Waals surface area contributed by atoms with E-state index in [9.17, 15) is 9.59 Å². The predicted molar refractivity (Wildman–Crippen MR) is 112 cm³/mol. The molecule has 0 saturated carbocycles. The van der Waals surface area contributed by atoms with Crippen molar-refractivity contribution in [3.8, 4) is 0 Å². The molecule has 1 aliphatic rings. The SMILES string of the molecule is COC(=O)c1ccc(NC(=O)N2CCc3[nH]cnc3[C@H]2c2ccc(Br)cc2)cc1. The molecule has 4 rings (SSSR count). The molecule has 2 amide bonds. The molecular formula is C21H19BrN4O3. The zero-order valence-corrected chi connectivity index (χ0v) is 17.3. The molecule has 0 saturated heterocycles. The van der Waals surface area contributed by atoms with Gasteiger partial charge in [0.2, 0.25) is 0 Å². The van der Waals surface area contributed by atoms with Gasteiger partial charge in [-0.25, -0.2) is 14.6 Å². The fraction of sp³-hybridized carbons (Fsp3) is 0.190. The lowest BCUT2D eigenvalue weighted by Gasteiger charge is -2.35. The lowest BCUT2D eigenvalue weighted by Crippen LogP contribution is -2.43. The first-order valence-corrected chi connectivity index (χ1v) is 9.89. The smallest absolute Gasteiger partial charge is 0.337 e. The number of aromatic nitrogens is 2. The van der Waals surface area contributed by atoms with Crippen molar-refractivity contribution in [2.75, 3.05) is 19.0 Å². The molecule has 29 heavy (non-hydrogen) atoms. The molecule has 0 bridgehead atoms. The van der Waals surface area contributed by atoms with Gasteiger partial charge in [-0.15, -0.1) is 0 Å². The second kappa shape index (κ2) is 8.08. The van der Waals surface area contributed by atoms with Gasteiger partial charge in [-0.05, 0) is 42.0 Å². The normalized spacial score (nSPS) is 15.5. The van der Waals surface area contributed by atoms with Crippen LogP contribution in [0, 0.1) is 0 Å². The number of aromatic amines is 1. The molecule has 3 aromatic rings. The van der Waals surface area contributed by atoms with Gasteiger partial charge in [0.25, 0.3) is 0 Å². The van der Waals surface area contributed by atoms with Crippen molar-refractivity contribution < 1.29 is 14.3 Å². The summed E-state index contributed by atoms with van der Waals surface area (Å²) in [5.74, 6) is -0.416. The second-order valence-corrected chi connectivity index (χ2v) is 7.58. The molecule has 0 radical (unpaired) electrons. The number of fused-ring (bicyclic) bond motifs is 1. The number of hydrogen-bond acceptors (Lipinski definition) is 4. The molecule has 8 heteroatoms. The number of H-pyrrole nitrogens is 1. The van der Waals surface area contributed by atoms with Gasteiger partial charge in [0.1, 0.15) is 6.04 Å². The van der Waals surface area contributed by atoms with E-state index in [2.05, 4.69) is 31.2 Å². The highest BCUT2D eigenvalue weighted by molar-refractivity contribution is 9.10. The van der Waals surface area contributed by atoms with Crippen LogP contribution in [0.15, 0.2) is 59.3 Å². The molecule has 1 atom stereocenters. The third-order valence-electron chi connectivity index (χ3n) is 4.93. The molecule has 2 aromatic carbocycles. The van der Waals surface area contributed by atoms with Gasteiger partial charge in [0.05, 0.1) is 24.7 Å². The zero-order valence-electron chi connectivity index (χ0n) is 15.7. The van der Waals surface area contributed by atoms with Crippen molar-refractivity contribution in [3.63, 3.8) is 0 Å². The number of hydrogen-bond donors (Lipinski definition) is 2. The number of rotatable bonds is 3. The number of benzene rings is 2. The van der Waals surface area contributed by atoms with E-state index in [0.717, 1.165) is 21.4 Å². The second-order valence-electron chi connectivity index (χ2n) is 6.66. The van der Waals surface area contributed by atoms with E-state index in [-0.39, 0.29) is 12.1 Å². The number of methoxy groups -OCH3 is 1. The first-order chi connectivity index (χ1) is 14.1. The molecule has 148 valence electrons. The minimum absolute atomic E-state index is 0.225. The summed E-state index contributed by atoms with van der Waals surface area (Å²) in [6.07, 6.45) is 2.38. The van der Waals surface area contributed by atoms with Crippen LogP contribution in [0.25, 0.3) is 0 Å². The van der Waals surface area contributed by atoms with Gasteiger partial charge in [-0.1, -0.05) is 28.1 Å². The number of nitrogens with one attached hydrogen (secondary N) is 2. The van der Waals surface area contributed by atoms with Crippen LogP contribution >= 0.6 is 15.9 Å². The number of anilines is 1. The molecule has 0 unspecified atom stereocenters. The molecule has 0 spiro atoms. The van der Waals surface area contributed by atoms with Gasteiger partial charge in [0, 0.05) is 28.8 Å². The number of imidazole rings is 1. The summed E-state index contributed by atoms with van der Waals surface area (Å²) in [5, 5.41) is 2.92. The van der Waals surface area contributed by atoms with E-state index < -0.39 is 5.97 Å². The van der Waals surface area contributed by atoms with Crippen LogP contribution in [0.3, 0.4) is 0 Å². The van der Waals surface area contributed by atoms with Crippen LogP contribution < -0.4 is 5.32 Å². The highest BCUT2D eigenvalue weighted by Crippen LogP contribution is 2.34. The van der Waals surface area contributed by atoms with E-state index in [1.807, 2.05) is 24.3 Å². The maximum Gasteiger partial charge on any atom is 0.337 e. The summed E-state index contributed by atoms with van der Waals surface area (Å²) in [6.45, 7) is 0.558. The highest BCUT2D eigenvalue weighted by atomic mass is 79.9. The summed E-state index contributed by atoms with van der Waals surface area (Å²) in [7, 11) is 1.33. The van der Waals surface area contributed by atoms with Gasteiger partial charge in [-0.2, -0.15) is 0 Å². The van der Waals surface area contributed by atoms with Gasteiger partial charge in [0.15, 0.2) is 0 Å². The Morgan fingerprint density at radius 3 is 2.59 bits per heavy atom. The van der Waals surface area contributed by atoms with Crippen LogP contribution in [0.2, 0.25) is 0 Å². The molecule has 0 aliphatic carbocycles. The highest BCUT2D eigenvalue weighted by Gasteiger charge is 2.34. The number of nitrogens with zero attached hydrogens (tertiary/aromatic N) is 2. The molecule has 7 nitrogen and oxygen atoms in total. The Balaban J connectivity index is 1.59. The molecule has 2 heterocycles. The molecule has 0 fully saturated rings. The number of carbonyl (C=O) groups is 2. The quantitative estimate of drug-likeness (QED) is 0.582. The van der Waals surface area contributed by atoms with E-state index in [1.165, 1.54) is 7.11 Å². The lowest BCUT2D eigenvalue weighted by molar-refractivity contribution is 0.0600. The van der Waals surface area contributed by atoms with E-state index in [4.69, 9.17) is 4.74 Å². The van der Waals surface area contributed by atoms with Gasteiger partial charge < -0.3 is 19.9 Å². The van der Waals surface area contributed by atoms with E-state index in [0.29, 0.717) is 24.2 Å². The van der Waals surface area contributed by atoms with Crippen molar-refractivity contribution in [1.82, 2.24) is 14.9 Å². The Morgan fingerprint density at radius 1 is 1.17 bits per heavy atom. The zero-order chi connectivity index (χ0) is 20.4. The molecule has 1 aromatic heterocycles. The van der Waals surface area contributed by atoms with Crippen LogP contribution in [-0.2, 0) is 11.2 Å². The van der Waals surface area contributed by atoms with Crippen molar-refractivity contribution in [2.45, 2.75) is 12.5 Å². The van der Waals surface area contributed by atoms with Crippen LogP contribution in [0.1, 0.15) is 33.4 Å². The summed E-state index contributed by atoms with van der Waals surface area (Å²) in [4.78, 5) is 34.1. The Labute approximate surface area is 176 Å². The van der Waals surface area contributed by atoms with Crippen LogP contribution in [0.4, 0.5) is 10.5 Å². The number of halogens is 1. The summed E-state index contributed by atoms with van der Waals surface area (Å²) in [6, 6.07) is 14.0. The lowest BCUT2D eigenvalue weighted by atomic mass is 9.96. The number of carbonyl (C=O) groups excluding carboxylic acids is 2. The third kappa shape index (κ3) is 3.88. The first-order valence-electron chi connectivity index (χ1n) is 9.10. The average molecular weight is 455 g/mol. The largest absolute Gasteiger partial charge is 0.465 e. The number of amides is 2. The Morgan fingerprint density at radius 2 is 1.90 bits per heavy atom. The minimum atomic E-state index is -0.416. The first kappa shape index (κ1) is 19.2. The van der Waals surface area contributed by atoms with Crippen LogP contribution in [-0.4, -0.2) is 40.5 Å². The molecule has 1 aliphatic heterocycles. The number of urea groups is 1. The molecular weight excluding hydrogens is 436 g/mol. The van der Waals surface area contributed by atoms with Crippen molar-refractivity contribution >= 4 is 33.6 Å². The summed E-state index contributed by atoms with van der Waals surface area (Å²) < 4.78 is 5.67. The topological polar surface area (TPSA) is 87.3 Å². The van der Waals surface area contributed by atoms with Crippen molar-refractivity contribution in [1.29, 1.82) is 0 Å². The summed E-state index contributed by atoms with van der Waals surface area (Å²) in [5.41, 5.74) is 3.92. The summed E-state index contributed by atoms with van der Waals surface area (Å²) >= 11 is 3.46. The van der Waals surface area contributed by atoms with Crippen LogP contribution in [0.5, 0.6) is 0 Å². The maximum absolute atomic E-state index is 13.1. The van der Waals surface area contributed by atoms with Crippen molar-refractivity contribution in [2.24, 2.45) is 0 Å². The van der Waals surface area contributed by atoms with E-state index >= 15 is 0 Å². The molecule has 2 N–H and O–H groups in total. The average Bonchev–Trinajstić information content (AvgIpc) is 3.22. The number of esters is 1. The minimum Gasteiger partial charge on any atom is -0.465 e. The van der Waals surface area contributed by atoms with Gasteiger partial charge >= 0.3 is 12.0 Å². The Hall–Kier alpha value is -3.13. The van der Waals surface area contributed by atoms with Crippen molar-refractivity contribution in [3.05, 3.63) is 81.8 Å². The number of ether oxygens (including phenoxy) is 1.